The van der Waals surface area contributed by atoms with Crippen molar-refractivity contribution >= 4 is 16.9 Å². The smallest absolute Gasteiger partial charge is 0.311 e. The maximum absolute atomic E-state index is 13.2. The van der Waals surface area contributed by atoms with E-state index in [2.05, 4.69) is 6.92 Å². The minimum Gasteiger partial charge on any atom is -0.508 e. The van der Waals surface area contributed by atoms with Crippen molar-refractivity contribution in [2.45, 2.75) is 96.8 Å². The average Bonchev–Trinajstić information content (AvgIpc) is 2.89. The Hall–Kier alpha value is -3.68. The predicted octanol–water partition coefficient (Wildman–Crippen LogP) is 7.67. The van der Waals surface area contributed by atoms with Crippen LogP contribution in [0.2, 0.25) is 0 Å². The van der Waals surface area contributed by atoms with Crippen molar-refractivity contribution in [1.82, 2.24) is 0 Å². The zero-order valence-corrected chi connectivity index (χ0v) is 22.7. The Balaban J connectivity index is 1.56. The highest BCUT2D eigenvalue weighted by atomic mass is 16.5. The molecule has 0 spiro atoms. The minimum absolute atomic E-state index is 0.108. The van der Waals surface area contributed by atoms with Gasteiger partial charge in [-0.15, -0.1) is 0 Å². The lowest BCUT2D eigenvalue weighted by atomic mass is 10.0. The van der Waals surface area contributed by atoms with Crippen LogP contribution in [0.4, 0.5) is 0 Å². The molecule has 0 unspecified atom stereocenters. The Morgan fingerprint density at radius 3 is 1.92 bits per heavy atom. The van der Waals surface area contributed by atoms with Crippen molar-refractivity contribution in [3.8, 4) is 40.1 Å². The van der Waals surface area contributed by atoms with E-state index in [0.29, 0.717) is 6.42 Å². The van der Waals surface area contributed by atoms with Crippen molar-refractivity contribution < 1.29 is 34.4 Å². The van der Waals surface area contributed by atoms with Crippen LogP contribution in [0.1, 0.15) is 96.8 Å². The SMILES string of the molecule is CCCCCCCCCCCCCCCC(=O)Oc1c(-c2ccc(O)c(O)c2)oc2cc(O)cc(O)c2c1=O. The summed E-state index contributed by atoms with van der Waals surface area (Å²) in [5.74, 6) is -2.91. The number of hydrogen-bond acceptors (Lipinski definition) is 8. The molecule has 8 heteroatoms. The zero-order valence-electron chi connectivity index (χ0n) is 22.7. The van der Waals surface area contributed by atoms with E-state index in [4.69, 9.17) is 9.15 Å². The lowest BCUT2D eigenvalue weighted by Crippen LogP contribution is -2.16. The second-order valence-corrected chi connectivity index (χ2v) is 10.1. The van der Waals surface area contributed by atoms with E-state index in [1.54, 1.807) is 0 Å². The van der Waals surface area contributed by atoms with Crippen LogP contribution >= 0.6 is 0 Å². The van der Waals surface area contributed by atoms with Gasteiger partial charge in [0.25, 0.3) is 0 Å². The van der Waals surface area contributed by atoms with E-state index in [-0.39, 0.29) is 40.2 Å². The second-order valence-electron chi connectivity index (χ2n) is 10.1. The van der Waals surface area contributed by atoms with Crippen LogP contribution in [0.15, 0.2) is 39.5 Å². The van der Waals surface area contributed by atoms with Gasteiger partial charge in [0.2, 0.25) is 11.2 Å². The third-order valence-corrected chi connectivity index (χ3v) is 6.86. The van der Waals surface area contributed by atoms with Gasteiger partial charge in [-0.2, -0.15) is 0 Å². The summed E-state index contributed by atoms with van der Waals surface area (Å²) < 4.78 is 11.2. The van der Waals surface area contributed by atoms with Gasteiger partial charge >= 0.3 is 5.97 Å². The topological polar surface area (TPSA) is 137 Å². The molecule has 0 saturated carbocycles. The molecule has 0 aliphatic rings. The Kier molecular flexibility index (Phi) is 11.5. The van der Waals surface area contributed by atoms with Crippen molar-refractivity contribution in [2.75, 3.05) is 0 Å². The Morgan fingerprint density at radius 2 is 1.33 bits per heavy atom. The molecule has 0 amide bonds. The molecule has 0 aliphatic carbocycles. The van der Waals surface area contributed by atoms with Gasteiger partial charge in [-0.1, -0.05) is 84.0 Å². The highest BCUT2D eigenvalue weighted by Gasteiger charge is 2.23. The number of aromatic hydroxyl groups is 4. The number of fused-ring (bicyclic) bond motifs is 1. The number of esters is 1. The zero-order chi connectivity index (χ0) is 28.2. The predicted molar refractivity (Wildman–Crippen MR) is 151 cm³/mol. The number of unbranched alkanes of at least 4 members (excludes halogenated alkanes) is 12. The first-order valence-electron chi connectivity index (χ1n) is 14.1. The standard InChI is InChI=1S/C31H40O8/c1-2-3-4-5-6-7-8-9-10-11-12-13-14-15-27(36)39-31-29(37)28-25(35)19-22(32)20-26(28)38-30(31)21-16-17-23(33)24(34)18-21/h16-20,32-35H,2-15H2,1H3. The molecule has 0 bridgehead atoms. The Bertz CT molecular complexity index is 1290. The van der Waals surface area contributed by atoms with Gasteiger partial charge < -0.3 is 29.6 Å². The van der Waals surface area contributed by atoms with Crippen molar-refractivity contribution in [3.63, 3.8) is 0 Å². The van der Waals surface area contributed by atoms with Crippen LogP contribution in [-0.4, -0.2) is 26.4 Å². The number of rotatable bonds is 16. The second kappa shape index (κ2) is 15.0. The molecule has 39 heavy (non-hydrogen) atoms. The maximum atomic E-state index is 13.2. The number of phenols is 4. The number of benzene rings is 2. The molecule has 0 radical (unpaired) electrons. The van der Waals surface area contributed by atoms with Crippen molar-refractivity contribution in [3.05, 3.63) is 40.6 Å². The number of phenolic OH excluding ortho intramolecular Hbond substituents is 4. The third kappa shape index (κ3) is 8.67. The van der Waals surface area contributed by atoms with E-state index in [0.717, 1.165) is 37.5 Å². The van der Waals surface area contributed by atoms with E-state index < -0.39 is 28.6 Å². The van der Waals surface area contributed by atoms with Crippen molar-refractivity contribution in [1.29, 1.82) is 0 Å². The molecule has 8 nitrogen and oxygen atoms in total. The lowest BCUT2D eigenvalue weighted by molar-refractivity contribution is -0.134. The van der Waals surface area contributed by atoms with Gasteiger partial charge in [-0.25, -0.2) is 0 Å². The van der Waals surface area contributed by atoms with Crippen molar-refractivity contribution in [2.24, 2.45) is 0 Å². The van der Waals surface area contributed by atoms with Gasteiger partial charge in [0.15, 0.2) is 17.3 Å². The minimum atomic E-state index is -0.796. The van der Waals surface area contributed by atoms with Gasteiger partial charge in [-0.05, 0) is 24.6 Å². The molecule has 212 valence electrons. The molecule has 0 saturated heterocycles. The van der Waals surface area contributed by atoms with Crippen LogP contribution in [0, 0.1) is 0 Å². The van der Waals surface area contributed by atoms with Crippen LogP contribution in [-0.2, 0) is 4.79 Å². The quantitative estimate of drug-likeness (QED) is 0.0825. The molecule has 3 rings (SSSR count). The highest BCUT2D eigenvalue weighted by Crippen LogP contribution is 2.38. The van der Waals surface area contributed by atoms with Gasteiger partial charge in [0.05, 0.1) is 0 Å². The molecule has 0 atom stereocenters. The van der Waals surface area contributed by atoms with Gasteiger partial charge in [-0.3, -0.25) is 9.59 Å². The molecule has 2 aromatic carbocycles. The molecule has 0 fully saturated rings. The summed E-state index contributed by atoms with van der Waals surface area (Å²) in [6.07, 6.45) is 15.4. The van der Waals surface area contributed by atoms with Crippen LogP contribution in [0.3, 0.4) is 0 Å². The fourth-order valence-corrected chi connectivity index (χ4v) is 4.67. The summed E-state index contributed by atoms with van der Waals surface area (Å²) >= 11 is 0. The summed E-state index contributed by atoms with van der Waals surface area (Å²) in [5.41, 5.74) is -0.762. The Labute approximate surface area is 228 Å². The Morgan fingerprint density at radius 1 is 0.744 bits per heavy atom. The number of hydrogen-bond donors (Lipinski definition) is 4. The van der Waals surface area contributed by atoms with E-state index in [9.17, 15) is 30.0 Å². The van der Waals surface area contributed by atoms with Gasteiger partial charge in [0.1, 0.15) is 22.5 Å². The molecule has 1 aromatic heterocycles. The van der Waals surface area contributed by atoms with Crippen LogP contribution < -0.4 is 10.2 Å². The fraction of sp³-hybridized carbons (Fsp3) is 0.484. The van der Waals surface area contributed by atoms with Gasteiger partial charge in [0, 0.05) is 24.1 Å². The molecular formula is C31H40O8. The summed E-state index contributed by atoms with van der Waals surface area (Å²) in [5, 5.41) is 39.4. The largest absolute Gasteiger partial charge is 0.508 e. The lowest BCUT2D eigenvalue weighted by Gasteiger charge is -2.12. The summed E-state index contributed by atoms with van der Waals surface area (Å²) in [6, 6.07) is 5.88. The summed E-state index contributed by atoms with van der Waals surface area (Å²) in [4.78, 5) is 25.9. The fourth-order valence-electron chi connectivity index (χ4n) is 4.67. The van der Waals surface area contributed by atoms with E-state index >= 15 is 0 Å². The maximum Gasteiger partial charge on any atom is 0.311 e. The molecule has 0 aliphatic heterocycles. The normalized spacial score (nSPS) is 11.2. The number of ether oxygens (including phenoxy) is 1. The molecule has 1 heterocycles. The average molecular weight is 541 g/mol. The number of carbonyl (C=O) groups is 1. The monoisotopic (exact) mass is 540 g/mol. The molecule has 3 aromatic rings. The highest BCUT2D eigenvalue weighted by molar-refractivity contribution is 5.89. The van der Waals surface area contributed by atoms with E-state index in [1.165, 1.54) is 69.9 Å². The first-order chi connectivity index (χ1) is 18.8. The van der Waals surface area contributed by atoms with E-state index in [1.807, 2.05) is 0 Å². The first-order valence-corrected chi connectivity index (χ1v) is 14.1. The molecular weight excluding hydrogens is 500 g/mol. The van der Waals surface area contributed by atoms with Crippen LogP contribution in [0.25, 0.3) is 22.3 Å². The third-order valence-electron chi connectivity index (χ3n) is 6.86. The molecule has 4 N–H and O–H groups in total. The van der Waals surface area contributed by atoms with Crippen LogP contribution in [0.5, 0.6) is 28.7 Å². The summed E-state index contributed by atoms with van der Waals surface area (Å²) in [7, 11) is 0. The number of carbonyl (C=O) groups excluding carboxylic acids is 1. The summed E-state index contributed by atoms with van der Waals surface area (Å²) in [6.45, 7) is 2.23. The first kappa shape index (κ1) is 29.9.